The lowest BCUT2D eigenvalue weighted by molar-refractivity contribution is 0.281. The Labute approximate surface area is 198 Å². The molecular formula is C23H35IN4O2. The maximum atomic E-state index is 5.77. The molecule has 2 aromatic carbocycles. The van der Waals surface area contributed by atoms with Crippen molar-refractivity contribution in [1.82, 2.24) is 15.5 Å². The van der Waals surface area contributed by atoms with E-state index in [1.807, 2.05) is 42.5 Å². The van der Waals surface area contributed by atoms with Crippen molar-refractivity contribution in [3.8, 4) is 11.5 Å². The highest BCUT2D eigenvalue weighted by Crippen LogP contribution is 2.12. The molecule has 7 heteroatoms. The Hall–Kier alpha value is -2.00. The SMILES string of the molecule is CN=C(NCCCOc1ccccc1)NCc1ccc(OCCCN(C)C)cc1.I. The largest absolute Gasteiger partial charge is 0.494 e. The fourth-order valence-electron chi connectivity index (χ4n) is 2.67. The number of halogens is 1. The third-order valence-electron chi connectivity index (χ3n) is 4.25. The van der Waals surface area contributed by atoms with Crippen LogP contribution in [0.25, 0.3) is 0 Å². The summed E-state index contributed by atoms with van der Waals surface area (Å²) in [6.45, 7) is 3.95. The van der Waals surface area contributed by atoms with E-state index < -0.39 is 0 Å². The van der Waals surface area contributed by atoms with Crippen molar-refractivity contribution in [2.45, 2.75) is 19.4 Å². The van der Waals surface area contributed by atoms with E-state index in [1.54, 1.807) is 7.05 Å². The molecule has 2 N–H and O–H groups in total. The topological polar surface area (TPSA) is 58.1 Å². The summed E-state index contributed by atoms with van der Waals surface area (Å²) in [6.07, 6.45) is 1.92. The second-order valence-electron chi connectivity index (χ2n) is 7.02. The van der Waals surface area contributed by atoms with Crippen molar-refractivity contribution < 1.29 is 9.47 Å². The van der Waals surface area contributed by atoms with Gasteiger partial charge in [-0.25, -0.2) is 0 Å². The zero-order valence-corrected chi connectivity index (χ0v) is 20.6. The molecule has 0 saturated heterocycles. The molecule has 0 unspecified atom stereocenters. The highest BCUT2D eigenvalue weighted by molar-refractivity contribution is 14.0. The number of nitrogens with zero attached hydrogens (tertiary/aromatic N) is 2. The predicted molar refractivity (Wildman–Crippen MR) is 135 cm³/mol. The lowest BCUT2D eigenvalue weighted by Crippen LogP contribution is -2.37. The molecule has 0 bridgehead atoms. The number of guanidine groups is 1. The highest BCUT2D eigenvalue weighted by Gasteiger charge is 2.00. The number of para-hydroxylation sites is 1. The average Bonchev–Trinajstić information content (AvgIpc) is 2.74. The highest BCUT2D eigenvalue weighted by atomic mass is 127. The number of benzene rings is 2. The van der Waals surface area contributed by atoms with Crippen molar-refractivity contribution >= 4 is 29.9 Å². The van der Waals surface area contributed by atoms with Gasteiger partial charge in [-0.3, -0.25) is 4.99 Å². The van der Waals surface area contributed by atoms with Crippen LogP contribution >= 0.6 is 24.0 Å². The fraction of sp³-hybridized carbons (Fsp3) is 0.435. The third kappa shape index (κ3) is 11.3. The zero-order valence-electron chi connectivity index (χ0n) is 18.3. The molecule has 6 nitrogen and oxygen atoms in total. The number of nitrogens with one attached hydrogen (secondary N) is 2. The molecule has 30 heavy (non-hydrogen) atoms. The van der Waals surface area contributed by atoms with Crippen LogP contribution in [0.1, 0.15) is 18.4 Å². The van der Waals surface area contributed by atoms with E-state index in [4.69, 9.17) is 9.47 Å². The first kappa shape index (κ1) is 26.0. The predicted octanol–water partition coefficient (Wildman–Crippen LogP) is 3.77. The summed E-state index contributed by atoms with van der Waals surface area (Å²) in [5, 5.41) is 6.64. The van der Waals surface area contributed by atoms with Crippen LogP contribution in [0, 0.1) is 0 Å². The Balaban J connectivity index is 0.00000450. The first-order valence-corrected chi connectivity index (χ1v) is 10.2. The maximum Gasteiger partial charge on any atom is 0.191 e. The molecule has 0 aliphatic rings. The average molecular weight is 526 g/mol. The lowest BCUT2D eigenvalue weighted by Gasteiger charge is -2.13. The van der Waals surface area contributed by atoms with E-state index >= 15 is 0 Å². The molecule has 0 heterocycles. The van der Waals surface area contributed by atoms with Crippen LogP contribution < -0.4 is 20.1 Å². The van der Waals surface area contributed by atoms with Gasteiger partial charge in [0.1, 0.15) is 11.5 Å². The van der Waals surface area contributed by atoms with Crippen LogP contribution in [0.3, 0.4) is 0 Å². The van der Waals surface area contributed by atoms with Crippen molar-refractivity contribution in [2.75, 3.05) is 47.4 Å². The Morgan fingerprint density at radius 1 is 0.867 bits per heavy atom. The van der Waals surface area contributed by atoms with Crippen LogP contribution in [0.5, 0.6) is 11.5 Å². The summed E-state index contributed by atoms with van der Waals surface area (Å²) < 4.78 is 11.5. The van der Waals surface area contributed by atoms with Gasteiger partial charge in [0.05, 0.1) is 13.2 Å². The normalized spacial score (nSPS) is 11.0. The fourth-order valence-corrected chi connectivity index (χ4v) is 2.67. The Morgan fingerprint density at radius 2 is 1.50 bits per heavy atom. The van der Waals surface area contributed by atoms with Gasteiger partial charge < -0.3 is 25.0 Å². The van der Waals surface area contributed by atoms with Gasteiger partial charge in [0.15, 0.2) is 5.96 Å². The smallest absolute Gasteiger partial charge is 0.191 e. The number of hydrogen-bond donors (Lipinski definition) is 2. The summed E-state index contributed by atoms with van der Waals surface area (Å²) in [4.78, 5) is 6.43. The summed E-state index contributed by atoms with van der Waals surface area (Å²) in [6, 6.07) is 18.1. The number of aliphatic imine (C=N–C) groups is 1. The Morgan fingerprint density at radius 3 is 2.13 bits per heavy atom. The molecule has 0 aliphatic heterocycles. The van der Waals surface area contributed by atoms with Crippen LogP contribution in [0.4, 0.5) is 0 Å². The van der Waals surface area contributed by atoms with E-state index in [0.29, 0.717) is 13.2 Å². The van der Waals surface area contributed by atoms with E-state index in [0.717, 1.165) is 50.0 Å². The van der Waals surface area contributed by atoms with E-state index in [2.05, 4.69) is 46.8 Å². The lowest BCUT2D eigenvalue weighted by atomic mass is 10.2. The molecular weight excluding hydrogens is 491 g/mol. The second kappa shape index (κ2) is 15.8. The van der Waals surface area contributed by atoms with Gasteiger partial charge in [0, 0.05) is 26.7 Å². The van der Waals surface area contributed by atoms with Crippen LogP contribution in [-0.4, -0.2) is 58.3 Å². The number of rotatable bonds is 12. The van der Waals surface area contributed by atoms with Gasteiger partial charge in [-0.05, 0) is 56.8 Å². The van der Waals surface area contributed by atoms with E-state index in [9.17, 15) is 0 Å². The molecule has 0 aliphatic carbocycles. The molecule has 2 aromatic rings. The van der Waals surface area contributed by atoms with E-state index in [1.165, 1.54) is 5.56 Å². The number of hydrogen-bond acceptors (Lipinski definition) is 4. The molecule has 0 fully saturated rings. The third-order valence-corrected chi connectivity index (χ3v) is 4.25. The van der Waals surface area contributed by atoms with Crippen LogP contribution in [0.2, 0.25) is 0 Å². The molecule has 0 saturated carbocycles. The van der Waals surface area contributed by atoms with Gasteiger partial charge in [0.25, 0.3) is 0 Å². The summed E-state index contributed by atoms with van der Waals surface area (Å²) in [5.41, 5.74) is 1.18. The molecule has 0 atom stereocenters. The first-order valence-electron chi connectivity index (χ1n) is 10.2. The van der Waals surface area contributed by atoms with Crippen molar-refractivity contribution in [3.05, 3.63) is 60.2 Å². The van der Waals surface area contributed by atoms with Crippen molar-refractivity contribution in [2.24, 2.45) is 4.99 Å². The quantitative estimate of drug-likeness (QED) is 0.191. The van der Waals surface area contributed by atoms with Gasteiger partial charge in [-0.2, -0.15) is 0 Å². The van der Waals surface area contributed by atoms with Crippen molar-refractivity contribution in [3.63, 3.8) is 0 Å². The standard InChI is InChI=1S/C23H34N4O2.HI/c1-24-23(25-15-7-17-28-21-9-5-4-6-10-21)26-19-20-11-13-22(14-12-20)29-18-8-16-27(2)3;/h4-6,9-14H,7-8,15-19H2,1-3H3,(H2,24,25,26);1H. The summed E-state index contributed by atoms with van der Waals surface area (Å²) >= 11 is 0. The maximum absolute atomic E-state index is 5.77. The Kier molecular flexibility index (Phi) is 13.7. The van der Waals surface area contributed by atoms with E-state index in [-0.39, 0.29) is 24.0 Å². The zero-order chi connectivity index (χ0) is 20.7. The molecule has 2 rings (SSSR count). The minimum absolute atomic E-state index is 0. The van der Waals surface area contributed by atoms with Gasteiger partial charge in [-0.15, -0.1) is 24.0 Å². The molecule has 0 aromatic heterocycles. The van der Waals surface area contributed by atoms with Crippen LogP contribution in [0.15, 0.2) is 59.6 Å². The molecule has 0 radical (unpaired) electrons. The van der Waals surface area contributed by atoms with Crippen molar-refractivity contribution in [1.29, 1.82) is 0 Å². The molecule has 166 valence electrons. The summed E-state index contributed by atoms with van der Waals surface area (Å²) in [7, 11) is 5.92. The van der Waals surface area contributed by atoms with Crippen LogP contribution in [-0.2, 0) is 6.54 Å². The minimum Gasteiger partial charge on any atom is -0.494 e. The van der Waals surface area contributed by atoms with Gasteiger partial charge in [-0.1, -0.05) is 30.3 Å². The first-order chi connectivity index (χ1) is 14.2. The number of ether oxygens (including phenoxy) is 2. The Bertz CT molecular complexity index is 709. The van der Waals surface area contributed by atoms with Gasteiger partial charge >= 0.3 is 0 Å². The molecule has 0 amide bonds. The minimum atomic E-state index is 0. The monoisotopic (exact) mass is 526 g/mol. The van der Waals surface area contributed by atoms with Gasteiger partial charge in [0.2, 0.25) is 0 Å². The molecule has 0 spiro atoms. The second-order valence-corrected chi connectivity index (χ2v) is 7.02. The summed E-state index contributed by atoms with van der Waals surface area (Å²) in [5.74, 6) is 2.60.